The number of hydrogen-bond donors (Lipinski definition) is 0. The zero-order chi connectivity index (χ0) is 8.20. The first-order chi connectivity index (χ1) is 4.52. The van der Waals surface area contributed by atoms with Crippen molar-refractivity contribution in [3.05, 3.63) is 12.7 Å². The Morgan fingerprint density at radius 1 is 1.60 bits per heavy atom. The average Bonchev–Trinajstić information content (AvgIpc) is 1.80. The number of hydrogen-bond acceptors (Lipinski definition) is 2. The molecule has 0 amide bonds. The molecule has 0 heterocycles. The molecule has 0 aromatic rings. The SMILES string of the molecule is C=CCC(CC)S(C)(=O)=O. The van der Waals surface area contributed by atoms with Gasteiger partial charge in [-0.25, -0.2) is 8.42 Å². The Labute approximate surface area is 62.9 Å². The molecule has 60 valence electrons. The standard InChI is InChI=1S/C7H14O2S/c1-4-6-7(5-2)10(3,8)9/h4,7H,1,5-6H2,2-3H3. The van der Waals surface area contributed by atoms with Crippen LogP contribution < -0.4 is 0 Å². The van der Waals surface area contributed by atoms with Gasteiger partial charge in [0.1, 0.15) is 0 Å². The smallest absolute Gasteiger partial charge is 0.150 e. The molecule has 0 N–H and O–H groups in total. The molecular formula is C7H14O2S. The first-order valence-corrected chi connectivity index (χ1v) is 5.27. The van der Waals surface area contributed by atoms with E-state index in [1.807, 2.05) is 6.92 Å². The Kier molecular flexibility index (Phi) is 3.64. The maximum absolute atomic E-state index is 10.9. The average molecular weight is 162 g/mol. The topological polar surface area (TPSA) is 34.1 Å². The van der Waals surface area contributed by atoms with E-state index in [1.165, 1.54) is 6.26 Å². The number of rotatable bonds is 4. The van der Waals surface area contributed by atoms with Gasteiger partial charge in [0.05, 0.1) is 5.25 Å². The summed E-state index contributed by atoms with van der Waals surface area (Å²) in [6.45, 7) is 5.37. The molecule has 0 aliphatic heterocycles. The van der Waals surface area contributed by atoms with Crippen LogP contribution >= 0.6 is 0 Å². The van der Waals surface area contributed by atoms with Crippen LogP contribution in [0.3, 0.4) is 0 Å². The Bertz CT molecular complexity index is 192. The lowest BCUT2D eigenvalue weighted by Gasteiger charge is -2.08. The molecule has 0 aliphatic rings. The molecule has 0 fully saturated rings. The highest BCUT2D eigenvalue weighted by molar-refractivity contribution is 7.91. The minimum Gasteiger partial charge on any atom is -0.229 e. The fourth-order valence-electron chi connectivity index (χ4n) is 0.830. The second-order valence-corrected chi connectivity index (χ2v) is 4.71. The first kappa shape index (κ1) is 9.69. The fraction of sp³-hybridized carbons (Fsp3) is 0.714. The van der Waals surface area contributed by atoms with E-state index in [0.29, 0.717) is 12.8 Å². The molecule has 0 aliphatic carbocycles. The highest BCUT2D eigenvalue weighted by Gasteiger charge is 2.15. The lowest BCUT2D eigenvalue weighted by atomic mass is 10.2. The molecule has 0 bridgehead atoms. The van der Waals surface area contributed by atoms with E-state index in [9.17, 15) is 8.42 Å². The van der Waals surface area contributed by atoms with E-state index in [4.69, 9.17) is 0 Å². The van der Waals surface area contributed by atoms with E-state index in [0.717, 1.165) is 0 Å². The van der Waals surface area contributed by atoms with Crippen molar-refractivity contribution in [3.63, 3.8) is 0 Å². The monoisotopic (exact) mass is 162 g/mol. The van der Waals surface area contributed by atoms with Crippen LogP contribution in [0.2, 0.25) is 0 Å². The highest BCUT2D eigenvalue weighted by Crippen LogP contribution is 2.08. The molecule has 0 aromatic heterocycles. The lowest BCUT2D eigenvalue weighted by Crippen LogP contribution is -2.17. The molecule has 0 spiro atoms. The summed E-state index contributed by atoms with van der Waals surface area (Å²) >= 11 is 0. The maximum atomic E-state index is 10.9. The van der Waals surface area contributed by atoms with Crippen molar-refractivity contribution in [1.82, 2.24) is 0 Å². The van der Waals surface area contributed by atoms with Crippen molar-refractivity contribution in [3.8, 4) is 0 Å². The Balaban J connectivity index is 4.22. The van der Waals surface area contributed by atoms with Gasteiger partial charge in [-0.05, 0) is 12.8 Å². The molecule has 0 saturated carbocycles. The third-order valence-electron chi connectivity index (χ3n) is 1.49. The van der Waals surface area contributed by atoms with Crippen LogP contribution in [0, 0.1) is 0 Å². The van der Waals surface area contributed by atoms with Crippen molar-refractivity contribution >= 4 is 9.84 Å². The molecule has 0 rings (SSSR count). The van der Waals surface area contributed by atoms with Gasteiger partial charge in [0, 0.05) is 6.26 Å². The normalized spacial score (nSPS) is 14.6. The maximum Gasteiger partial charge on any atom is 0.150 e. The van der Waals surface area contributed by atoms with Crippen molar-refractivity contribution in [2.45, 2.75) is 25.0 Å². The summed E-state index contributed by atoms with van der Waals surface area (Å²) in [5, 5.41) is -0.231. The first-order valence-electron chi connectivity index (χ1n) is 3.32. The van der Waals surface area contributed by atoms with Crippen molar-refractivity contribution < 1.29 is 8.42 Å². The summed E-state index contributed by atoms with van der Waals surface area (Å²) in [4.78, 5) is 0. The van der Waals surface area contributed by atoms with Gasteiger partial charge in [-0.15, -0.1) is 6.58 Å². The van der Waals surface area contributed by atoms with E-state index in [1.54, 1.807) is 6.08 Å². The van der Waals surface area contributed by atoms with Gasteiger partial charge < -0.3 is 0 Å². The van der Waals surface area contributed by atoms with E-state index in [2.05, 4.69) is 6.58 Å². The molecule has 0 radical (unpaired) electrons. The third-order valence-corrected chi connectivity index (χ3v) is 3.23. The van der Waals surface area contributed by atoms with E-state index in [-0.39, 0.29) is 5.25 Å². The van der Waals surface area contributed by atoms with Gasteiger partial charge in [0.15, 0.2) is 9.84 Å². The second kappa shape index (κ2) is 3.76. The lowest BCUT2D eigenvalue weighted by molar-refractivity contribution is 0.582. The van der Waals surface area contributed by atoms with Gasteiger partial charge in [-0.1, -0.05) is 13.0 Å². The van der Waals surface area contributed by atoms with Crippen LogP contribution in [-0.2, 0) is 9.84 Å². The zero-order valence-corrected chi connectivity index (χ0v) is 7.32. The number of sulfone groups is 1. The summed E-state index contributed by atoms with van der Waals surface area (Å²) in [5.74, 6) is 0. The predicted octanol–water partition coefficient (Wildman–Crippen LogP) is 1.39. The zero-order valence-electron chi connectivity index (χ0n) is 6.50. The summed E-state index contributed by atoms with van der Waals surface area (Å²) in [7, 11) is -2.85. The molecule has 0 aromatic carbocycles. The van der Waals surface area contributed by atoms with Gasteiger partial charge in [0.2, 0.25) is 0 Å². The second-order valence-electron chi connectivity index (χ2n) is 2.38. The predicted molar refractivity (Wildman–Crippen MR) is 43.7 cm³/mol. The fourth-order valence-corrected chi connectivity index (χ4v) is 1.92. The van der Waals surface area contributed by atoms with Crippen molar-refractivity contribution in [1.29, 1.82) is 0 Å². The van der Waals surface area contributed by atoms with Crippen LogP contribution in [-0.4, -0.2) is 19.9 Å². The van der Waals surface area contributed by atoms with Crippen LogP contribution in [0.25, 0.3) is 0 Å². The molecule has 1 atom stereocenters. The molecule has 0 saturated heterocycles. The van der Waals surface area contributed by atoms with Gasteiger partial charge in [-0.2, -0.15) is 0 Å². The van der Waals surface area contributed by atoms with Crippen LogP contribution in [0.4, 0.5) is 0 Å². The van der Waals surface area contributed by atoms with Crippen molar-refractivity contribution in [2.24, 2.45) is 0 Å². The molecule has 10 heavy (non-hydrogen) atoms. The Hall–Kier alpha value is -0.310. The Morgan fingerprint density at radius 3 is 2.20 bits per heavy atom. The summed E-state index contributed by atoms with van der Waals surface area (Å²) < 4.78 is 21.8. The molecular weight excluding hydrogens is 148 g/mol. The van der Waals surface area contributed by atoms with Crippen molar-refractivity contribution in [2.75, 3.05) is 6.26 Å². The summed E-state index contributed by atoms with van der Waals surface area (Å²) in [5.41, 5.74) is 0. The third kappa shape index (κ3) is 3.01. The van der Waals surface area contributed by atoms with Crippen LogP contribution in [0.5, 0.6) is 0 Å². The molecule has 3 heteroatoms. The number of allylic oxidation sites excluding steroid dienone is 1. The van der Waals surface area contributed by atoms with Gasteiger partial charge in [0.25, 0.3) is 0 Å². The summed E-state index contributed by atoms with van der Waals surface area (Å²) in [6.07, 6.45) is 4.15. The van der Waals surface area contributed by atoms with E-state index < -0.39 is 9.84 Å². The largest absolute Gasteiger partial charge is 0.229 e. The minimum atomic E-state index is -2.85. The van der Waals surface area contributed by atoms with Crippen LogP contribution in [0.15, 0.2) is 12.7 Å². The Morgan fingerprint density at radius 2 is 2.10 bits per heavy atom. The van der Waals surface area contributed by atoms with Gasteiger partial charge >= 0.3 is 0 Å². The summed E-state index contributed by atoms with van der Waals surface area (Å²) in [6, 6.07) is 0. The van der Waals surface area contributed by atoms with Gasteiger partial charge in [-0.3, -0.25) is 0 Å². The molecule has 2 nitrogen and oxygen atoms in total. The quantitative estimate of drug-likeness (QED) is 0.585. The highest BCUT2D eigenvalue weighted by atomic mass is 32.2. The minimum absolute atomic E-state index is 0.231. The van der Waals surface area contributed by atoms with E-state index >= 15 is 0 Å². The molecule has 1 unspecified atom stereocenters. The van der Waals surface area contributed by atoms with Crippen LogP contribution in [0.1, 0.15) is 19.8 Å².